The summed E-state index contributed by atoms with van der Waals surface area (Å²) in [5, 5.41) is 22.8. The van der Waals surface area contributed by atoms with Crippen molar-refractivity contribution in [3.63, 3.8) is 0 Å². The molecule has 8 atom stereocenters. The highest BCUT2D eigenvalue weighted by molar-refractivity contribution is 6.01. The number of rotatable bonds is 3. The zero-order valence-electron chi connectivity index (χ0n) is 18.4. The fraction of sp³-hybridized carbons (Fsp3) is 0.593. The van der Waals surface area contributed by atoms with Gasteiger partial charge in [-0.05, 0) is 75.0 Å². The minimum absolute atomic E-state index is 0.0269. The number of ketones is 1. The van der Waals surface area contributed by atoms with Crippen LogP contribution in [0.25, 0.3) is 0 Å². The summed E-state index contributed by atoms with van der Waals surface area (Å²) < 4.78 is 17.1. The quantitative estimate of drug-likeness (QED) is 0.747. The largest absolute Gasteiger partial charge is 0.392 e. The number of halogens is 1. The molecule has 0 aliphatic heterocycles. The van der Waals surface area contributed by atoms with E-state index in [0.29, 0.717) is 12.8 Å². The van der Waals surface area contributed by atoms with Crippen molar-refractivity contribution in [1.29, 1.82) is 0 Å². The van der Waals surface area contributed by atoms with Gasteiger partial charge in [0.15, 0.2) is 11.5 Å². The van der Waals surface area contributed by atoms with Crippen molar-refractivity contribution in [2.45, 2.75) is 70.2 Å². The summed E-state index contributed by atoms with van der Waals surface area (Å²) in [6.07, 6.45) is 6.96. The van der Waals surface area contributed by atoms with Crippen molar-refractivity contribution < 1.29 is 19.4 Å². The number of carbonyl (C=O) groups is 1. The fourth-order valence-electron chi connectivity index (χ4n) is 7.78. The van der Waals surface area contributed by atoms with Gasteiger partial charge in [0.25, 0.3) is 0 Å². The summed E-state index contributed by atoms with van der Waals surface area (Å²) in [5.41, 5.74) is -1.24. The molecule has 2 N–H and O–H groups in total. The van der Waals surface area contributed by atoms with Gasteiger partial charge in [-0.15, -0.1) is 0 Å². The molecular weight excluding hydrogens is 391 g/mol. The van der Waals surface area contributed by atoms with E-state index < -0.39 is 28.7 Å². The van der Waals surface area contributed by atoms with Crippen LogP contribution in [0, 0.1) is 28.6 Å². The van der Waals surface area contributed by atoms with Crippen LogP contribution in [0.2, 0.25) is 0 Å². The number of hydrogen-bond acceptors (Lipinski definition) is 3. The number of carbonyl (C=O) groups excluding carboxylic acids is 1. The molecule has 1 aromatic carbocycles. The molecule has 31 heavy (non-hydrogen) atoms. The maximum absolute atomic E-state index is 17.1. The number of hydrogen-bond donors (Lipinski definition) is 2. The number of aliphatic hydroxyl groups is 2. The fourth-order valence-corrected chi connectivity index (χ4v) is 7.78. The van der Waals surface area contributed by atoms with E-state index in [-0.39, 0.29) is 30.0 Å². The van der Waals surface area contributed by atoms with E-state index in [1.807, 2.05) is 25.1 Å². The van der Waals surface area contributed by atoms with E-state index in [1.54, 1.807) is 12.2 Å². The van der Waals surface area contributed by atoms with Gasteiger partial charge in [0.2, 0.25) is 0 Å². The average Bonchev–Trinajstić information content (AvgIpc) is 3.00. The second kappa shape index (κ2) is 7.11. The zero-order chi connectivity index (χ0) is 22.0. The Labute approximate surface area is 184 Å². The first-order chi connectivity index (χ1) is 14.7. The maximum atomic E-state index is 17.1. The zero-order valence-corrected chi connectivity index (χ0v) is 18.4. The van der Waals surface area contributed by atoms with Crippen LogP contribution < -0.4 is 0 Å². The van der Waals surface area contributed by atoms with Crippen LogP contribution in [0.3, 0.4) is 0 Å². The van der Waals surface area contributed by atoms with E-state index in [2.05, 4.69) is 19.1 Å². The third kappa shape index (κ3) is 2.80. The molecule has 5 rings (SSSR count). The first-order valence-electron chi connectivity index (χ1n) is 11.8. The van der Waals surface area contributed by atoms with Gasteiger partial charge in [0.1, 0.15) is 0 Å². The highest BCUT2D eigenvalue weighted by Crippen LogP contribution is 2.69. The Morgan fingerprint density at radius 3 is 2.65 bits per heavy atom. The average molecular weight is 425 g/mol. The highest BCUT2D eigenvalue weighted by Gasteiger charge is 2.71. The Morgan fingerprint density at radius 1 is 1.16 bits per heavy atom. The van der Waals surface area contributed by atoms with Gasteiger partial charge in [-0.2, -0.15) is 0 Å². The topological polar surface area (TPSA) is 57.5 Å². The van der Waals surface area contributed by atoms with Crippen molar-refractivity contribution >= 4 is 5.78 Å². The molecule has 0 bridgehead atoms. The molecule has 0 aromatic heterocycles. The molecular formula is C27H33FO3. The lowest BCUT2D eigenvalue weighted by Gasteiger charge is -2.62. The predicted molar refractivity (Wildman–Crippen MR) is 118 cm³/mol. The van der Waals surface area contributed by atoms with Crippen molar-refractivity contribution in [2.24, 2.45) is 28.6 Å². The molecule has 166 valence electrons. The van der Waals surface area contributed by atoms with E-state index in [9.17, 15) is 15.0 Å². The molecule has 0 radical (unpaired) electrons. The van der Waals surface area contributed by atoms with Crippen molar-refractivity contribution in [3.8, 4) is 0 Å². The van der Waals surface area contributed by atoms with E-state index >= 15 is 4.39 Å². The summed E-state index contributed by atoms with van der Waals surface area (Å²) in [7, 11) is 0. The Morgan fingerprint density at radius 2 is 1.90 bits per heavy atom. The van der Waals surface area contributed by atoms with Crippen molar-refractivity contribution in [2.75, 3.05) is 0 Å². The molecule has 3 fully saturated rings. The minimum atomic E-state index is -1.82. The van der Waals surface area contributed by atoms with Gasteiger partial charge in [0.05, 0.1) is 12.2 Å². The number of benzene rings is 1. The van der Waals surface area contributed by atoms with Gasteiger partial charge in [-0.25, -0.2) is 4.39 Å². The SMILES string of the molecule is C[C@H]1C[C@H]2[C@@H]3CCC4=CC(=O)C=C[C@]4(C)[C@@]3(F)[C@@H](O)C[C@]2(CCc2ccccc2)[C@@H]1O. The summed E-state index contributed by atoms with van der Waals surface area (Å²) in [5.74, 6) is -0.309. The van der Waals surface area contributed by atoms with Gasteiger partial charge in [-0.1, -0.05) is 48.9 Å². The summed E-state index contributed by atoms with van der Waals surface area (Å²) in [6, 6.07) is 10.2. The van der Waals surface area contributed by atoms with Crippen LogP contribution in [-0.2, 0) is 11.2 Å². The van der Waals surface area contributed by atoms with Crippen LogP contribution in [0.4, 0.5) is 4.39 Å². The summed E-state index contributed by atoms with van der Waals surface area (Å²) in [4.78, 5) is 12.0. The third-order valence-corrected chi connectivity index (χ3v) is 9.38. The molecule has 4 aliphatic rings. The predicted octanol–water partition coefficient (Wildman–Crippen LogP) is 4.58. The number of aryl methyl sites for hydroxylation is 1. The van der Waals surface area contributed by atoms with E-state index in [1.165, 1.54) is 11.6 Å². The van der Waals surface area contributed by atoms with Gasteiger partial charge < -0.3 is 10.2 Å². The minimum Gasteiger partial charge on any atom is -0.392 e. The normalized spacial score (nSPS) is 46.2. The van der Waals surface area contributed by atoms with E-state index in [4.69, 9.17) is 0 Å². The van der Waals surface area contributed by atoms with Crippen LogP contribution >= 0.6 is 0 Å². The molecule has 0 saturated heterocycles. The van der Waals surface area contributed by atoms with Crippen LogP contribution in [0.1, 0.15) is 51.5 Å². The Balaban J connectivity index is 1.54. The molecule has 1 aromatic rings. The lowest BCUT2D eigenvalue weighted by molar-refractivity contribution is -0.207. The van der Waals surface area contributed by atoms with Crippen molar-refractivity contribution in [1.82, 2.24) is 0 Å². The molecule has 0 spiro atoms. The van der Waals surface area contributed by atoms with Gasteiger partial charge in [0, 0.05) is 16.7 Å². The second-order valence-electron chi connectivity index (χ2n) is 10.7. The second-order valence-corrected chi connectivity index (χ2v) is 10.7. The highest BCUT2D eigenvalue weighted by atomic mass is 19.1. The Hall–Kier alpha value is -1.78. The van der Waals surface area contributed by atoms with E-state index in [0.717, 1.165) is 24.8 Å². The first kappa shape index (κ1) is 21.1. The number of fused-ring (bicyclic) bond motifs is 5. The summed E-state index contributed by atoms with van der Waals surface area (Å²) in [6.45, 7) is 3.91. The van der Waals surface area contributed by atoms with Crippen molar-refractivity contribution in [3.05, 3.63) is 59.7 Å². The molecule has 4 heteroatoms. The van der Waals surface area contributed by atoms with Gasteiger partial charge >= 0.3 is 0 Å². The number of aliphatic hydroxyl groups excluding tert-OH is 2. The van der Waals surface area contributed by atoms with Gasteiger partial charge in [-0.3, -0.25) is 4.79 Å². The molecule has 3 nitrogen and oxygen atoms in total. The molecule has 0 heterocycles. The standard InChI is InChI=1S/C27H33FO3/c1-17-14-22-21-9-8-19-15-20(29)11-12-25(19,2)27(21,28)23(30)16-26(22,24(17)31)13-10-18-6-4-3-5-7-18/h3-7,11-12,15,17,21-24,30-31H,8-10,13-14,16H2,1-2H3/t17-,21-,22-,23-,24+,25-,26-,27-/m0/s1. The van der Waals surface area contributed by atoms with Crippen LogP contribution in [0.15, 0.2) is 54.1 Å². The number of allylic oxidation sites excluding steroid dienone is 4. The monoisotopic (exact) mass is 424 g/mol. The van der Waals surface area contributed by atoms with Crippen LogP contribution in [0.5, 0.6) is 0 Å². The molecule has 0 unspecified atom stereocenters. The van der Waals surface area contributed by atoms with Crippen LogP contribution in [-0.4, -0.2) is 33.9 Å². The first-order valence-corrected chi connectivity index (χ1v) is 11.8. The molecule has 4 aliphatic carbocycles. The third-order valence-electron chi connectivity index (χ3n) is 9.38. The smallest absolute Gasteiger partial charge is 0.178 e. The molecule has 3 saturated carbocycles. The number of alkyl halides is 1. The lowest BCUT2D eigenvalue weighted by atomic mass is 9.45. The summed E-state index contributed by atoms with van der Waals surface area (Å²) >= 11 is 0. The maximum Gasteiger partial charge on any atom is 0.178 e. The Kier molecular flexibility index (Phi) is 4.84. The Bertz CT molecular complexity index is 939. The molecule has 0 amide bonds. The lowest BCUT2D eigenvalue weighted by Crippen LogP contribution is -2.67.